The van der Waals surface area contributed by atoms with Crippen molar-refractivity contribution in [2.45, 2.75) is 25.7 Å². The van der Waals surface area contributed by atoms with E-state index in [4.69, 9.17) is 0 Å². The topological polar surface area (TPSA) is 127 Å². The van der Waals surface area contributed by atoms with Crippen LogP contribution in [0.4, 0.5) is 5.69 Å². The zero-order chi connectivity index (χ0) is 25.2. The minimum atomic E-state index is -0.494. The number of carbonyl (C=O) groups excluding carboxylic acids is 2. The van der Waals surface area contributed by atoms with Crippen molar-refractivity contribution < 1.29 is 26.9 Å². The zero-order valence-electron chi connectivity index (χ0n) is 20.0. The summed E-state index contributed by atoms with van der Waals surface area (Å²) >= 11 is 2.97. The molecule has 0 saturated heterocycles. The van der Waals surface area contributed by atoms with Crippen LogP contribution in [0.25, 0.3) is 10.7 Å². The van der Waals surface area contributed by atoms with Crippen LogP contribution in [0.5, 0.6) is 0 Å². The summed E-state index contributed by atoms with van der Waals surface area (Å²) < 4.78 is 0. The van der Waals surface area contributed by atoms with Crippen molar-refractivity contribution in [3.63, 3.8) is 0 Å². The molecule has 13 heteroatoms. The van der Waals surface area contributed by atoms with Crippen LogP contribution in [0.15, 0.2) is 35.0 Å². The minimum absolute atomic E-state index is 0. The molecule has 0 bridgehead atoms. The van der Waals surface area contributed by atoms with Crippen LogP contribution in [0.3, 0.4) is 0 Å². The molecule has 36 heavy (non-hydrogen) atoms. The van der Waals surface area contributed by atoms with Crippen molar-refractivity contribution in [3.8, 4) is 10.7 Å². The molecule has 2 aromatic heterocycles. The summed E-state index contributed by atoms with van der Waals surface area (Å²) in [5.74, 6) is 0.710. The van der Waals surface area contributed by atoms with E-state index in [2.05, 4.69) is 33.1 Å². The number of carbonyl (C=O) groups is 2. The number of rotatable bonds is 13. The van der Waals surface area contributed by atoms with Gasteiger partial charge in [-0.3, -0.25) is 19.7 Å². The number of thiazole rings is 2. The van der Waals surface area contributed by atoms with Crippen molar-refractivity contribution in [2.24, 2.45) is 0 Å². The van der Waals surface area contributed by atoms with Crippen molar-refractivity contribution in [3.05, 3.63) is 61.4 Å². The van der Waals surface area contributed by atoms with Crippen LogP contribution in [-0.2, 0) is 17.3 Å². The van der Waals surface area contributed by atoms with Gasteiger partial charge in [-0.2, -0.15) is 0 Å². The van der Waals surface area contributed by atoms with Crippen LogP contribution in [0.1, 0.15) is 45.1 Å². The maximum Gasteiger partial charge on any atom is 0.270 e. The van der Waals surface area contributed by atoms with Gasteiger partial charge in [0.2, 0.25) is 0 Å². The first kappa shape index (κ1) is 29.7. The van der Waals surface area contributed by atoms with Crippen LogP contribution in [0, 0.1) is 10.1 Å². The molecule has 0 aliphatic heterocycles. The highest BCUT2D eigenvalue weighted by Crippen LogP contribution is 2.26. The summed E-state index contributed by atoms with van der Waals surface area (Å²) in [5.41, 5.74) is 1.56. The van der Waals surface area contributed by atoms with Gasteiger partial charge in [-0.05, 0) is 42.3 Å². The third-order valence-electron chi connectivity index (χ3n) is 4.97. The molecular formula is C23H28ClN5O4S3. The number of unbranched alkanes of at least 4 members (excludes halogenated alkanes) is 1. The second-order valence-electron chi connectivity index (χ2n) is 7.98. The third kappa shape index (κ3) is 9.16. The Kier molecular flexibility index (Phi) is 12.3. The predicted molar refractivity (Wildman–Crippen MR) is 143 cm³/mol. The monoisotopic (exact) mass is 569 g/mol. The normalized spacial score (nSPS) is 10.6. The number of hydrogen-bond donors (Lipinski definition) is 2. The zero-order valence-corrected chi connectivity index (χ0v) is 23.2. The van der Waals surface area contributed by atoms with Gasteiger partial charge in [0.1, 0.15) is 22.1 Å². The standard InChI is InChI=1S/C23H27N5O4S3.ClH/c1-35(2)13-5-12-25-22(30)18-14-34-23(27-18)19-15-33-20(26-19)6-3-4-11-24-21(29)16-7-9-17(10-8-16)28(31)32;/h7-10,14-15H,3-6,11-13H2,1-2H3,(H-,24,25,29,30);1H. The average molecular weight is 570 g/mol. The molecule has 0 radical (unpaired) electrons. The van der Waals surface area contributed by atoms with Crippen LogP contribution in [0.2, 0.25) is 0 Å². The number of nitro groups is 1. The molecule has 194 valence electrons. The fourth-order valence-electron chi connectivity index (χ4n) is 3.11. The fraction of sp³-hybridized carbons (Fsp3) is 0.391. The van der Waals surface area contributed by atoms with Gasteiger partial charge in [0.15, 0.2) is 0 Å². The molecule has 2 heterocycles. The van der Waals surface area contributed by atoms with Gasteiger partial charge in [-0.25, -0.2) is 9.97 Å². The van der Waals surface area contributed by atoms with E-state index >= 15 is 0 Å². The molecule has 0 aliphatic carbocycles. The SMILES string of the molecule is C[S+](C)CCCNC(=O)c1csc(-c2csc(CCCCNC(=O)c3ccc([N+](=O)[O-])cc3)n2)n1.[Cl-]. The molecule has 0 aliphatic rings. The molecule has 0 spiro atoms. The number of hydrogen-bond acceptors (Lipinski definition) is 8. The van der Waals surface area contributed by atoms with E-state index in [1.165, 1.54) is 35.6 Å². The number of benzene rings is 1. The molecule has 3 rings (SSSR count). The maximum absolute atomic E-state index is 12.3. The summed E-state index contributed by atoms with van der Waals surface area (Å²) in [6, 6.07) is 5.54. The maximum atomic E-state index is 12.3. The first-order chi connectivity index (χ1) is 16.8. The molecule has 9 nitrogen and oxygen atoms in total. The average Bonchev–Trinajstić information content (AvgIpc) is 3.51. The number of amides is 2. The number of aromatic nitrogens is 2. The number of nitro benzene ring substituents is 1. The van der Waals surface area contributed by atoms with Crippen LogP contribution in [-0.4, -0.2) is 58.1 Å². The molecule has 0 unspecified atom stereocenters. The van der Waals surface area contributed by atoms with E-state index in [1.54, 1.807) is 16.7 Å². The van der Waals surface area contributed by atoms with Crippen LogP contribution < -0.4 is 23.0 Å². The molecule has 0 saturated carbocycles. The van der Waals surface area contributed by atoms with Crippen molar-refractivity contribution in [2.75, 3.05) is 31.4 Å². The molecule has 3 aromatic rings. The Bertz CT molecular complexity index is 1150. The lowest BCUT2D eigenvalue weighted by atomic mass is 10.2. The van der Waals surface area contributed by atoms with Gasteiger partial charge in [0.25, 0.3) is 17.5 Å². The summed E-state index contributed by atoms with van der Waals surface area (Å²) in [5, 5.41) is 21.9. The Balaban J connectivity index is 0.00000456. The predicted octanol–water partition coefficient (Wildman–Crippen LogP) is 0.929. The summed E-state index contributed by atoms with van der Waals surface area (Å²) in [4.78, 5) is 43.7. The quantitative estimate of drug-likeness (QED) is 0.136. The highest BCUT2D eigenvalue weighted by molar-refractivity contribution is 7.95. The van der Waals surface area contributed by atoms with Crippen molar-refractivity contribution >= 4 is 51.1 Å². The van der Waals surface area contributed by atoms with Crippen molar-refractivity contribution in [1.82, 2.24) is 20.6 Å². The molecule has 2 amide bonds. The summed E-state index contributed by atoms with van der Waals surface area (Å²) in [6.07, 6.45) is 7.78. The smallest absolute Gasteiger partial charge is 0.270 e. The second-order valence-corrected chi connectivity index (χ2v) is 12.2. The van der Waals surface area contributed by atoms with Crippen molar-refractivity contribution in [1.29, 1.82) is 0 Å². The molecule has 0 atom stereocenters. The fourth-order valence-corrected chi connectivity index (χ4v) is 5.49. The lowest BCUT2D eigenvalue weighted by Gasteiger charge is -2.04. The van der Waals surface area contributed by atoms with Gasteiger partial charge in [0.05, 0.1) is 22.4 Å². The largest absolute Gasteiger partial charge is 1.00 e. The van der Waals surface area contributed by atoms with E-state index in [9.17, 15) is 19.7 Å². The summed E-state index contributed by atoms with van der Waals surface area (Å²) in [7, 11) is 0.381. The van der Waals surface area contributed by atoms with Gasteiger partial charge in [0, 0.05) is 48.0 Å². The highest BCUT2D eigenvalue weighted by Gasteiger charge is 2.14. The number of nitrogens with zero attached hydrogens (tertiary/aromatic N) is 3. The van der Waals surface area contributed by atoms with E-state index in [1.807, 2.05) is 5.38 Å². The summed E-state index contributed by atoms with van der Waals surface area (Å²) in [6.45, 7) is 1.17. The van der Waals surface area contributed by atoms with Gasteiger partial charge >= 0.3 is 0 Å². The van der Waals surface area contributed by atoms with Gasteiger partial charge < -0.3 is 23.0 Å². The Morgan fingerprint density at radius 1 is 0.972 bits per heavy atom. The van der Waals surface area contributed by atoms with E-state index < -0.39 is 4.92 Å². The van der Waals surface area contributed by atoms with Gasteiger partial charge in [-0.1, -0.05) is 0 Å². The van der Waals surface area contributed by atoms with E-state index in [0.29, 0.717) is 35.2 Å². The van der Waals surface area contributed by atoms with Crippen LogP contribution >= 0.6 is 22.7 Å². The first-order valence-electron chi connectivity index (χ1n) is 11.1. The molecule has 2 N–H and O–H groups in total. The number of halogens is 1. The van der Waals surface area contributed by atoms with Gasteiger partial charge in [-0.15, -0.1) is 22.7 Å². The van der Waals surface area contributed by atoms with E-state index in [0.717, 1.165) is 47.1 Å². The molecular weight excluding hydrogens is 542 g/mol. The lowest BCUT2D eigenvalue weighted by Crippen LogP contribution is -3.00. The number of nitrogens with one attached hydrogen (secondary N) is 2. The minimum Gasteiger partial charge on any atom is -1.00 e. The lowest BCUT2D eigenvalue weighted by molar-refractivity contribution is -0.384. The Labute approximate surface area is 227 Å². The second kappa shape index (κ2) is 14.9. The number of non-ortho nitro benzene ring substituents is 1. The third-order valence-corrected chi connectivity index (χ3v) is 7.84. The molecule has 1 aromatic carbocycles. The molecule has 0 fully saturated rings. The Morgan fingerprint density at radius 3 is 2.36 bits per heavy atom. The number of aryl methyl sites for hydroxylation is 1. The van der Waals surface area contributed by atoms with E-state index in [-0.39, 0.29) is 29.9 Å². The highest BCUT2D eigenvalue weighted by atomic mass is 35.5. The first-order valence-corrected chi connectivity index (χ1v) is 15.1. The Morgan fingerprint density at radius 2 is 1.67 bits per heavy atom. The Hall–Kier alpha value is -2.54.